The highest BCUT2D eigenvalue weighted by atomic mass is 32.2. The van der Waals surface area contributed by atoms with Crippen molar-refractivity contribution in [2.75, 3.05) is 12.9 Å². The van der Waals surface area contributed by atoms with Crippen LogP contribution in [0.4, 0.5) is 0 Å². The molecular weight excluding hydrogens is 374 g/mol. The highest BCUT2D eigenvalue weighted by Gasteiger charge is 2.09. The zero-order valence-electron chi connectivity index (χ0n) is 15.3. The Hall–Kier alpha value is -3.13. The molecule has 2 heterocycles. The average molecular weight is 393 g/mol. The van der Waals surface area contributed by atoms with E-state index in [0.717, 1.165) is 46.5 Å². The van der Waals surface area contributed by atoms with E-state index >= 15 is 0 Å². The number of nitrogens with one attached hydrogen (secondary N) is 1. The van der Waals surface area contributed by atoms with Gasteiger partial charge in [0, 0.05) is 23.3 Å². The number of aryl methyl sites for hydroxylation is 1. The molecule has 0 amide bonds. The van der Waals surface area contributed by atoms with Gasteiger partial charge in [-0.05, 0) is 30.7 Å². The van der Waals surface area contributed by atoms with Gasteiger partial charge in [0.2, 0.25) is 16.9 Å². The van der Waals surface area contributed by atoms with Gasteiger partial charge in [-0.25, -0.2) is 4.98 Å². The van der Waals surface area contributed by atoms with Gasteiger partial charge in [0.1, 0.15) is 5.75 Å². The average Bonchev–Trinajstić information content (AvgIpc) is 3.42. The monoisotopic (exact) mass is 393 g/mol. The normalized spacial score (nSPS) is 10.9. The Morgan fingerprint density at radius 3 is 2.61 bits per heavy atom. The van der Waals surface area contributed by atoms with Crippen LogP contribution in [-0.2, 0) is 6.42 Å². The van der Waals surface area contributed by atoms with Gasteiger partial charge in [-0.2, -0.15) is 4.98 Å². The maximum Gasteiger partial charge on any atom is 0.226 e. The topological polar surface area (TPSA) is 89.7 Å². The summed E-state index contributed by atoms with van der Waals surface area (Å²) in [7, 11) is 1.65. The van der Waals surface area contributed by atoms with E-state index < -0.39 is 0 Å². The number of rotatable bonds is 8. The minimum atomic E-state index is 0.626. The van der Waals surface area contributed by atoms with Crippen LogP contribution in [0.5, 0.6) is 5.75 Å². The van der Waals surface area contributed by atoms with Crippen LogP contribution in [0.15, 0.2) is 64.3 Å². The summed E-state index contributed by atoms with van der Waals surface area (Å²) >= 11 is 1.60. The highest BCUT2D eigenvalue weighted by molar-refractivity contribution is 7.99. The predicted molar refractivity (Wildman–Crippen MR) is 107 cm³/mol. The zero-order valence-corrected chi connectivity index (χ0v) is 16.1. The van der Waals surface area contributed by atoms with Crippen LogP contribution in [0.2, 0.25) is 0 Å². The van der Waals surface area contributed by atoms with Gasteiger partial charge in [0.05, 0.1) is 7.11 Å². The zero-order chi connectivity index (χ0) is 19.2. The highest BCUT2D eigenvalue weighted by Crippen LogP contribution is 2.22. The van der Waals surface area contributed by atoms with E-state index in [1.165, 1.54) is 0 Å². The molecule has 0 saturated heterocycles. The number of thioether (sulfide) groups is 1. The summed E-state index contributed by atoms with van der Waals surface area (Å²) < 4.78 is 10.5. The smallest absolute Gasteiger partial charge is 0.226 e. The lowest BCUT2D eigenvalue weighted by Gasteiger charge is -1.99. The molecule has 4 rings (SSSR count). The summed E-state index contributed by atoms with van der Waals surface area (Å²) in [6.07, 6.45) is 1.62. The molecule has 0 spiro atoms. The lowest BCUT2D eigenvalue weighted by molar-refractivity contribution is 0.378. The fraction of sp³-hybridized carbons (Fsp3) is 0.200. The first-order valence-electron chi connectivity index (χ1n) is 8.89. The summed E-state index contributed by atoms with van der Waals surface area (Å²) in [5.74, 6) is 3.70. The molecule has 0 atom stereocenters. The number of hydrogen-bond acceptors (Lipinski definition) is 7. The Kier molecular flexibility index (Phi) is 5.67. The summed E-state index contributed by atoms with van der Waals surface area (Å²) in [6.45, 7) is 0. The molecule has 8 heteroatoms. The molecule has 0 aliphatic heterocycles. The third-order valence-electron chi connectivity index (χ3n) is 4.09. The van der Waals surface area contributed by atoms with Gasteiger partial charge in [-0.1, -0.05) is 47.3 Å². The van der Waals surface area contributed by atoms with Crippen LogP contribution in [-0.4, -0.2) is 38.2 Å². The number of nitrogens with zero attached hydrogens (tertiary/aromatic N) is 4. The molecule has 0 aliphatic carbocycles. The molecule has 142 valence electrons. The number of methoxy groups -OCH3 is 1. The molecule has 2 aromatic carbocycles. The van der Waals surface area contributed by atoms with Crippen molar-refractivity contribution in [3.63, 3.8) is 0 Å². The first-order valence-corrected chi connectivity index (χ1v) is 9.88. The van der Waals surface area contributed by atoms with E-state index in [4.69, 9.17) is 9.26 Å². The van der Waals surface area contributed by atoms with Crippen LogP contribution in [0.3, 0.4) is 0 Å². The van der Waals surface area contributed by atoms with E-state index in [1.54, 1.807) is 18.9 Å². The Bertz CT molecular complexity index is 1010. The molecule has 0 saturated carbocycles. The lowest BCUT2D eigenvalue weighted by atomic mass is 10.2. The van der Waals surface area contributed by atoms with E-state index in [-0.39, 0.29) is 0 Å². The minimum Gasteiger partial charge on any atom is -0.497 e. The number of aromatic amines is 1. The Labute approximate surface area is 166 Å². The van der Waals surface area contributed by atoms with Crippen LogP contribution >= 0.6 is 11.8 Å². The maximum absolute atomic E-state index is 5.33. The van der Waals surface area contributed by atoms with Crippen molar-refractivity contribution in [1.82, 2.24) is 25.3 Å². The molecule has 2 aromatic heterocycles. The van der Waals surface area contributed by atoms with Crippen molar-refractivity contribution in [3.8, 4) is 28.5 Å². The molecule has 0 unspecified atom stereocenters. The van der Waals surface area contributed by atoms with E-state index in [1.807, 2.05) is 54.6 Å². The maximum atomic E-state index is 5.33. The summed E-state index contributed by atoms with van der Waals surface area (Å²) in [5, 5.41) is 12.0. The van der Waals surface area contributed by atoms with Gasteiger partial charge in [-0.15, -0.1) is 5.10 Å². The molecule has 4 aromatic rings. The van der Waals surface area contributed by atoms with Crippen molar-refractivity contribution in [2.24, 2.45) is 0 Å². The molecule has 0 aliphatic rings. The van der Waals surface area contributed by atoms with Gasteiger partial charge < -0.3 is 9.26 Å². The van der Waals surface area contributed by atoms with E-state index in [0.29, 0.717) is 11.7 Å². The van der Waals surface area contributed by atoms with Crippen LogP contribution in [0.25, 0.3) is 22.8 Å². The summed E-state index contributed by atoms with van der Waals surface area (Å²) in [6, 6.07) is 17.5. The fourth-order valence-corrected chi connectivity index (χ4v) is 3.37. The number of ether oxygens (including phenoxy) is 1. The molecular formula is C20H19N5O2S. The Morgan fingerprint density at radius 1 is 1.00 bits per heavy atom. The molecule has 0 fully saturated rings. The van der Waals surface area contributed by atoms with Crippen LogP contribution < -0.4 is 4.74 Å². The fourth-order valence-electron chi connectivity index (χ4n) is 2.64. The lowest BCUT2D eigenvalue weighted by Crippen LogP contribution is -1.89. The second kappa shape index (κ2) is 8.71. The third kappa shape index (κ3) is 4.40. The first-order chi connectivity index (χ1) is 13.8. The second-order valence-electron chi connectivity index (χ2n) is 6.02. The third-order valence-corrected chi connectivity index (χ3v) is 5.03. The van der Waals surface area contributed by atoms with Crippen molar-refractivity contribution < 1.29 is 9.26 Å². The van der Waals surface area contributed by atoms with Crippen molar-refractivity contribution in [2.45, 2.75) is 18.0 Å². The Balaban J connectivity index is 1.27. The number of benzene rings is 2. The van der Waals surface area contributed by atoms with Crippen LogP contribution in [0, 0.1) is 0 Å². The summed E-state index contributed by atoms with van der Waals surface area (Å²) in [4.78, 5) is 8.98. The Morgan fingerprint density at radius 2 is 1.82 bits per heavy atom. The van der Waals surface area contributed by atoms with Crippen molar-refractivity contribution in [3.05, 3.63) is 60.5 Å². The van der Waals surface area contributed by atoms with Gasteiger partial charge in [0.25, 0.3) is 0 Å². The minimum absolute atomic E-state index is 0.626. The quantitative estimate of drug-likeness (QED) is 0.353. The van der Waals surface area contributed by atoms with Crippen LogP contribution in [0.1, 0.15) is 12.3 Å². The number of H-pyrrole nitrogens is 1. The number of aromatic nitrogens is 5. The first kappa shape index (κ1) is 18.2. The second-order valence-corrected chi connectivity index (χ2v) is 7.09. The van der Waals surface area contributed by atoms with Gasteiger partial charge in [-0.3, -0.25) is 5.10 Å². The van der Waals surface area contributed by atoms with Gasteiger partial charge in [0.15, 0.2) is 5.82 Å². The summed E-state index contributed by atoms with van der Waals surface area (Å²) in [5.41, 5.74) is 1.93. The molecule has 28 heavy (non-hydrogen) atoms. The standard InChI is InChI=1S/C20H19N5O2S/c1-26-16-11-9-15(10-12-16)18-22-20(24-23-18)28-13-5-8-17-21-19(25-27-17)14-6-3-2-4-7-14/h2-4,6-7,9-12H,5,8,13H2,1H3,(H,22,23,24). The van der Waals surface area contributed by atoms with Crippen molar-refractivity contribution in [1.29, 1.82) is 0 Å². The molecule has 1 N–H and O–H groups in total. The SMILES string of the molecule is COc1ccc(-c2nc(SCCCc3nc(-c4ccccc4)no3)n[nH]2)cc1. The molecule has 7 nitrogen and oxygen atoms in total. The van der Waals surface area contributed by atoms with Crippen molar-refractivity contribution >= 4 is 11.8 Å². The molecule has 0 bridgehead atoms. The van der Waals surface area contributed by atoms with E-state index in [2.05, 4.69) is 25.3 Å². The van der Waals surface area contributed by atoms with E-state index in [9.17, 15) is 0 Å². The largest absolute Gasteiger partial charge is 0.497 e. The predicted octanol–water partition coefficient (Wildman–Crippen LogP) is 4.26. The number of hydrogen-bond donors (Lipinski definition) is 1. The molecule has 0 radical (unpaired) electrons. The van der Waals surface area contributed by atoms with Gasteiger partial charge >= 0.3 is 0 Å².